The number of aliphatic carboxylic acids is 1. The zero-order valence-corrected chi connectivity index (χ0v) is 39.7. The number of nitrogens with one attached hydrogen (secondary N) is 3. The molecule has 6 atom stereocenters. The van der Waals surface area contributed by atoms with E-state index in [1.54, 1.807) is 24.3 Å². The number of carbonyl (C=O) groups excluding carboxylic acids is 4. The van der Waals surface area contributed by atoms with Gasteiger partial charge in [-0.05, 0) is 91.4 Å². The molecule has 0 fully saturated rings. The van der Waals surface area contributed by atoms with Crippen molar-refractivity contribution in [3.05, 3.63) is 93.9 Å². The second-order valence-corrected chi connectivity index (χ2v) is 18.1. The average molecular weight is 974 g/mol. The van der Waals surface area contributed by atoms with Crippen LogP contribution >= 0.6 is 0 Å². The van der Waals surface area contributed by atoms with E-state index in [9.17, 15) is 49.2 Å². The second-order valence-electron chi connectivity index (χ2n) is 18.1. The Morgan fingerprint density at radius 2 is 1.54 bits per heavy atom. The van der Waals surface area contributed by atoms with Crippen LogP contribution in [0.25, 0.3) is 16.8 Å². The molecule has 0 saturated heterocycles. The standard InChI is InChI=1S/C48H63N9O13/c1-26-43(62)55-37(47(66)67)17-27-6-11-38(69-24-31(58)21-50)34(16-27)35-18-28(19-39(42(35)61)70-25-32(59)22-51)41(45(64)53-26)56(5)46(65)36(12-14-49)54-44(63)29-20-40(60)57(52-23-29)30-7-9-33(10-8-30)68-15-13-48(2,3)4/h6-11,16,18-20,23,26,31-32,36-37,41,58-59,61H,12-15,17,21-22,24-25,49-51H2,1-5H3,(H,53,64)(H,54,63)(H,55,62)(H,66,67)/t26-,31+,32+,36-,37-,41?/m0/s1. The lowest BCUT2D eigenvalue weighted by atomic mass is 9.93. The largest absolute Gasteiger partial charge is 0.504 e. The third-order valence-electron chi connectivity index (χ3n) is 11.3. The first-order valence-corrected chi connectivity index (χ1v) is 22.6. The molecule has 0 saturated carbocycles. The molecule has 5 rings (SSSR count). The molecule has 1 unspecified atom stereocenters. The van der Waals surface area contributed by atoms with Gasteiger partial charge in [0.2, 0.25) is 17.7 Å². The second kappa shape index (κ2) is 23.9. The van der Waals surface area contributed by atoms with E-state index in [2.05, 4.69) is 41.8 Å². The monoisotopic (exact) mass is 973 g/mol. The van der Waals surface area contributed by atoms with Gasteiger partial charge in [0.1, 0.15) is 61.1 Å². The highest BCUT2D eigenvalue weighted by Crippen LogP contribution is 2.45. The van der Waals surface area contributed by atoms with E-state index in [-0.39, 0.29) is 78.3 Å². The van der Waals surface area contributed by atoms with E-state index >= 15 is 0 Å². The first kappa shape index (κ1) is 53.8. The first-order valence-electron chi connectivity index (χ1n) is 22.6. The number of fused-ring (bicyclic) bond motifs is 5. The molecule has 1 aliphatic rings. The van der Waals surface area contributed by atoms with Crippen LogP contribution in [-0.4, -0.2) is 142 Å². The fraction of sp³-hybridized carbons (Fsp3) is 0.438. The number of hydrogen-bond donors (Lipinski definition) is 10. The van der Waals surface area contributed by atoms with Crippen molar-refractivity contribution in [2.75, 3.05) is 46.5 Å². The predicted molar refractivity (Wildman–Crippen MR) is 255 cm³/mol. The molecule has 22 nitrogen and oxygen atoms in total. The quantitative estimate of drug-likeness (QED) is 0.0595. The smallest absolute Gasteiger partial charge is 0.326 e. The number of aromatic hydroxyl groups is 1. The number of nitrogens with two attached hydrogens (primary N) is 3. The summed E-state index contributed by atoms with van der Waals surface area (Å²) < 4.78 is 18.7. The van der Waals surface area contributed by atoms with Gasteiger partial charge in [-0.3, -0.25) is 24.0 Å². The summed E-state index contributed by atoms with van der Waals surface area (Å²) in [5, 5.41) is 54.4. The van der Waals surface area contributed by atoms with Crippen LogP contribution in [0.1, 0.15) is 68.1 Å². The molecule has 378 valence electrons. The molecule has 0 radical (unpaired) electrons. The number of aliphatic hydroxyl groups is 2. The van der Waals surface area contributed by atoms with Gasteiger partial charge in [0, 0.05) is 43.8 Å². The van der Waals surface area contributed by atoms with Crippen LogP contribution < -0.4 is 52.9 Å². The van der Waals surface area contributed by atoms with Crippen LogP contribution in [0, 0.1) is 5.41 Å². The van der Waals surface area contributed by atoms with E-state index in [0.29, 0.717) is 23.6 Å². The molecule has 2 heterocycles. The van der Waals surface area contributed by atoms with Gasteiger partial charge in [0.15, 0.2) is 11.5 Å². The van der Waals surface area contributed by atoms with Crippen LogP contribution in [0.5, 0.6) is 23.0 Å². The maximum atomic E-state index is 14.7. The molecule has 0 spiro atoms. The van der Waals surface area contributed by atoms with Crippen molar-refractivity contribution in [3.8, 4) is 39.8 Å². The third-order valence-corrected chi connectivity index (χ3v) is 11.3. The average Bonchev–Trinajstić information content (AvgIpc) is 3.32. The van der Waals surface area contributed by atoms with E-state index in [0.717, 1.165) is 28.3 Å². The van der Waals surface area contributed by atoms with Crippen molar-refractivity contribution in [2.24, 2.45) is 22.6 Å². The SMILES string of the molecule is C[C@@H]1NC(=O)C(N(C)C(=O)[C@H](CCN)NC(=O)c2cnn(-c3ccc(OCCC(C)(C)C)cc3)c(=O)c2)c2cc(OC[C@H](O)CN)c(O)c(c2)-c2cc(ccc2OC[C@H](O)CN)C[C@@H](C(=O)O)NC1=O. The number of aliphatic hydroxyl groups excluding tert-OH is 2. The molecule has 4 aromatic rings. The van der Waals surface area contributed by atoms with Gasteiger partial charge in [-0.2, -0.15) is 9.78 Å². The molecular weight excluding hydrogens is 911 g/mol. The van der Waals surface area contributed by atoms with Gasteiger partial charge < -0.3 is 72.7 Å². The number of carbonyl (C=O) groups is 5. The zero-order chi connectivity index (χ0) is 51.4. The van der Waals surface area contributed by atoms with E-state index in [1.807, 2.05) is 0 Å². The topological polar surface area (TPSA) is 346 Å². The number of aromatic nitrogens is 2. The summed E-state index contributed by atoms with van der Waals surface area (Å²) in [5.74, 6) is -5.17. The van der Waals surface area contributed by atoms with Crippen LogP contribution in [0.15, 0.2) is 71.7 Å². The highest BCUT2D eigenvalue weighted by Gasteiger charge is 2.37. The van der Waals surface area contributed by atoms with Crippen molar-refractivity contribution in [1.82, 2.24) is 30.6 Å². The number of carboxylic acid groups (broad SMARTS) is 1. The lowest BCUT2D eigenvalue weighted by Crippen LogP contribution is -2.55. The van der Waals surface area contributed by atoms with Gasteiger partial charge in [0.25, 0.3) is 11.5 Å². The Labute approximate surface area is 404 Å². The van der Waals surface area contributed by atoms with Crippen molar-refractivity contribution in [2.45, 2.75) is 83.3 Å². The van der Waals surface area contributed by atoms with Crippen molar-refractivity contribution in [3.63, 3.8) is 0 Å². The Kier molecular flexibility index (Phi) is 18.4. The summed E-state index contributed by atoms with van der Waals surface area (Å²) in [6.45, 7) is 6.85. The lowest BCUT2D eigenvalue weighted by molar-refractivity contribution is -0.143. The molecule has 1 aromatic heterocycles. The maximum Gasteiger partial charge on any atom is 0.326 e. The number of hydrogen-bond acceptors (Lipinski definition) is 16. The van der Waals surface area contributed by atoms with Crippen LogP contribution in [-0.2, 0) is 25.6 Å². The maximum absolute atomic E-state index is 14.7. The summed E-state index contributed by atoms with van der Waals surface area (Å²) in [7, 11) is 1.24. The van der Waals surface area contributed by atoms with Crippen LogP contribution in [0.3, 0.4) is 0 Å². The van der Waals surface area contributed by atoms with Crippen molar-refractivity contribution >= 4 is 29.6 Å². The highest BCUT2D eigenvalue weighted by molar-refractivity contribution is 5.99. The van der Waals surface area contributed by atoms with Gasteiger partial charge in [0.05, 0.1) is 24.1 Å². The summed E-state index contributed by atoms with van der Waals surface area (Å²) in [5.41, 5.74) is 17.2. The minimum Gasteiger partial charge on any atom is -0.504 e. The Morgan fingerprint density at radius 3 is 2.14 bits per heavy atom. The number of phenolic OH excluding ortho intramolecular Hbond substituents is 1. The molecular formula is C48H63N9O13. The van der Waals surface area contributed by atoms with Gasteiger partial charge in [-0.1, -0.05) is 26.8 Å². The predicted octanol–water partition coefficient (Wildman–Crippen LogP) is 0.0940. The molecule has 22 heteroatoms. The van der Waals surface area contributed by atoms with Crippen LogP contribution in [0.2, 0.25) is 0 Å². The highest BCUT2D eigenvalue weighted by atomic mass is 16.5. The van der Waals surface area contributed by atoms with Crippen LogP contribution in [0.4, 0.5) is 0 Å². The number of benzene rings is 3. The zero-order valence-electron chi connectivity index (χ0n) is 39.7. The molecule has 4 amide bonds. The van der Waals surface area contributed by atoms with E-state index in [4.69, 9.17) is 31.4 Å². The Morgan fingerprint density at radius 1 is 0.886 bits per heavy atom. The Hall–Kier alpha value is -7.11. The molecule has 1 aliphatic heterocycles. The summed E-state index contributed by atoms with van der Waals surface area (Å²) in [6.07, 6.45) is -0.781. The molecule has 0 aliphatic carbocycles. The number of nitrogens with zero attached hydrogens (tertiary/aromatic N) is 3. The number of carboxylic acids is 1. The van der Waals surface area contributed by atoms with E-state index < -0.39 is 83.9 Å². The minimum atomic E-state index is -1.70. The van der Waals surface area contributed by atoms with Gasteiger partial charge in [-0.25, -0.2) is 4.79 Å². The first-order chi connectivity index (χ1) is 33.1. The molecule has 3 aromatic carbocycles. The summed E-state index contributed by atoms with van der Waals surface area (Å²) in [4.78, 5) is 83.3. The Bertz CT molecular complexity index is 2570. The van der Waals surface area contributed by atoms with Crippen molar-refractivity contribution < 1.29 is 58.6 Å². The third kappa shape index (κ3) is 14.0. The Balaban J connectivity index is 1.55. The number of phenols is 1. The molecule has 70 heavy (non-hydrogen) atoms. The molecule has 4 bridgehead atoms. The van der Waals surface area contributed by atoms with Gasteiger partial charge in [-0.15, -0.1) is 0 Å². The number of ether oxygens (including phenoxy) is 3. The fourth-order valence-electron chi connectivity index (χ4n) is 7.22. The van der Waals surface area contributed by atoms with Gasteiger partial charge >= 0.3 is 5.97 Å². The molecule has 13 N–H and O–H groups in total. The fourth-order valence-corrected chi connectivity index (χ4v) is 7.22. The summed E-state index contributed by atoms with van der Waals surface area (Å²) in [6, 6.07) is 8.73. The van der Waals surface area contributed by atoms with Crippen molar-refractivity contribution in [1.29, 1.82) is 0 Å². The van der Waals surface area contributed by atoms with E-state index in [1.165, 1.54) is 44.3 Å². The number of rotatable bonds is 19. The number of likely N-dealkylation sites (N-methyl/N-ethyl adjacent to an activating group) is 1. The minimum absolute atomic E-state index is 0.0278. The summed E-state index contributed by atoms with van der Waals surface area (Å²) >= 11 is 0. The lowest BCUT2D eigenvalue weighted by Gasteiger charge is -2.32. The normalized spacial score (nSPS) is 17.4. The number of amides is 4.